The molecule has 0 spiro atoms. The van der Waals surface area contributed by atoms with E-state index in [4.69, 9.17) is 25.8 Å². The maximum Gasteiger partial charge on any atom is 0.153 e. The summed E-state index contributed by atoms with van der Waals surface area (Å²) in [6.07, 6.45) is 12.8. The zero-order valence-electron chi connectivity index (χ0n) is 26.8. The molecule has 1 saturated carbocycles. The maximum atomic E-state index is 12.0. The van der Waals surface area contributed by atoms with Crippen LogP contribution in [0.3, 0.4) is 0 Å². The first-order valence-corrected chi connectivity index (χ1v) is 16.4. The molecule has 0 amide bonds. The number of likely N-dealkylation sites (tertiary alicyclic amines) is 1. The van der Waals surface area contributed by atoms with Crippen LogP contribution in [0.25, 0.3) is 5.57 Å². The summed E-state index contributed by atoms with van der Waals surface area (Å²) < 4.78 is 19.6. The number of benzene rings is 2. The van der Waals surface area contributed by atoms with Gasteiger partial charge in [0.2, 0.25) is 0 Å². The molecular weight excluding hydrogens is 614 g/mol. The van der Waals surface area contributed by atoms with Crippen molar-refractivity contribution in [1.29, 1.82) is 5.26 Å². The van der Waals surface area contributed by atoms with E-state index in [1.165, 1.54) is 12.3 Å². The van der Waals surface area contributed by atoms with E-state index in [1.54, 1.807) is 18.3 Å². The Labute approximate surface area is 281 Å². The number of aliphatic hydroxyl groups excluding tert-OH is 1. The van der Waals surface area contributed by atoms with Crippen LogP contribution in [0.4, 0.5) is 0 Å². The predicted molar refractivity (Wildman–Crippen MR) is 180 cm³/mol. The molecule has 0 bridgehead atoms. The summed E-state index contributed by atoms with van der Waals surface area (Å²) >= 11 is 6.68. The molecule has 1 aliphatic heterocycles. The summed E-state index contributed by atoms with van der Waals surface area (Å²) in [5, 5.41) is 19.6. The first-order valence-electron chi connectivity index (χ1n) is 16.0. The predicted octanol–water partition coefficient (Wildman–Crippen LogP) is 6.66. The monoisotopic (exact) mass is 653 g/mol. The fourth-order valence-electron chi connectivity index (χ4n) is 6.61. The van der Waals surface area contributed by atoms with Gasteiger partial charge >= 0.3 is 0 Å². The Hall–Kier alpha value is -4.00. The minimum Gasteiger partial charge on any atom is -0.488 e. The van der Waals surface area contributed by atoms with Crippen LogP contribution >= 0.6 is 11.6 Å². The van der Waals surface area contributed by atoms with Gasteiger partial charge in [-0.1, -0.05) is 67.9 Å². The highest BCUT2D eigenvalue weighted by Gasteiger charge is 2.53. The maximum absolute atomic E-state index is 12.0. The van der Waals surface area contributed by atoms with Crippen molar-refractivity contribution in [2.45, 2.75) is 51.4 Å². The standard InChI is InChI=1S/C38H40ClN3O5/c1-36(2)32(29-7-4-3-5-8-29)9-6-11-38(36,47-25-37(12-13-37)24-42-14-10-31(44)21-42)26-46-35-17-34(30(22-43)16-33(35)39)45-23-28-15-27(18-40)19-41-20-28/h3-9,11,15-17,19-20,22,31,44H,10,12-14,21,23-26H2,1-2H3/t31?,38-/m0/s1. The summed E-state index contributed by atoms with van der Waals surface area (Å²) in [6, 6.07) is 17.2. The molecule has 1 N–H and O–H groups in total. The highest BCUT2D eigenvalue weighted by molar-refractivity contribution is 6.32. The van der Waals surface area contributed by atoms with Crippen LogP contribution in [0.15, 0.2) is 79.2 Å². The topological polar surface area (TPSA) is 105 Å². The lowest BCUT2D eigenvalue weighted by Gasteiger charge is -2.48. The van der Waals surface area contributed by atoms with Crippen LogP contribution in [0.2, 0.25) is 5.02 Å². The third-order valence-electron chi connectivity index (χ3n) is 9.80. The Morgan fingerprint density at radius 3 is 2.62 bits per heavy atom. The van der Waals surface area contributed by atoms with Crippen molar-refractivity contribution in [1.82, 2.24) is 9.88 Å². The number of aromatic nitrogens is 1. The normalized spacial score (nSPS) is 22.7. The van der Waals surface area contributed by atoms with Crippen LogP contribution in [-0.2, 0) is 11.3 Å². The minimum absolute atomic E-state index is 0.0387. The molecular formula is C38H40ClN3O5. The van der Waals surface area contributed by atoms with Gasteiger partial charge < -0.3 is 24.2 Å². The second-order valence-corrected chi connectivity index (χ2v) is 13.9. The molecule has 1 saturated heterocycles. The molecule has 3 aromatic rings. The van der Waals surface area contributed by atoms with E-state index in [1.807, 2.05) is 24.3 Å². The summed E-state index contributed by atoms with van der Waals surface area (Å²) in [6.45, 7) is 7.71. The van der Waals surface area contributed by atoms with Gasteiger partial charge in [-0.15, -0.1) is 0 Å². The molecule has 9 heteroatoms. The van der Waals surface area contributed by atoms with Crippen molar-refractivity contribution in [3.05, 3.63) is 106 Å². The number of carbonyl (C=O) groups excluding carboxylic acids is 1. The lowest BCUT2D eigenvalue weighted by atomic mass is 9.65. The van der Waals surface area contributed by atoms with E-state index >= 15 is 0 Å². The van der Waals surface area contributed by atoms with Crippen molar-refractivity contribution < 1.29 is 24.1 Å². The lowest BCUT2D eigenvalue weighted by Crippen LogP contribution is -2.53. The summed E-state index contributed by atoms with van der Waals surface area (Å²) in [5.74, 6) is 0.677. The highest BCUT2D eigenvalue weighted by atomic mass is 35.5. The number of aldehydes is 1. The van der Waals surface area contributed by atoms with E-state index in [2.05, 4.69) is 54.1 Å². The Morgan fingerprint density at radius 1 is 1.11 bits per heavy atom. The van der Waals surface area contributed by atoms with Gasteiger partial charge in [-0.3, -0.25) is 9.78 Å². The number of carbonyl (C=O) groups is 1. The Kier molecular flexibility index (Phi) is 9.54. The number of nitriles is 1. The van der Waals surface area contributed by atoms with Crippen LogP contribution in [0, 0.1) is 22.2 Å². The van der Waals surface area contributed by atoms with E-state index in [9.17, 15) is 15.2 Å². The third kappa shape index (κ3) is 7.14. The van der Waals surface area contributed by atoms with Crippen molar-refractivity contribution in [2.75, 3.05) is 32.8 Å². The number of nitrogens with zero attached hydrogens (tertiary/aromatic N) is 3. The van der Waals surface area contributed by atoms with Gasteiger partial charge in [-0.2, -0.15) is 5.26 Å². The van der Waals surface area contributed by atoms with Gasteiger partial charge in [0.1, 0.15) is 36.4 Å². The van der Waals surface area contributed by atoms with Gasteiger partial charge in [0, 0.05) is 54.5 Å². The molecule has 8 nitrogen and oxygen atoms in total. The number of halogens is 1. The number of aliphatic hydroxyl groups is 1. The molecule has 47 heavy (non-hydrogen) atoms. The molecule has 2 atom stereocenters. The molecule has 2 aromatic carbocycles. The fraction of sp³-hybridized carbons (Fsp3) is 0.395. The van der Waals surface area contributed by atoms with Gasteiger partial charge in [0.25, 0.3) is 0 Å². The highest BCUT2D eigenvalue weighted by Crippen LogP contribution is 2.53. The molecule has 2 fully saturated rings. The number of rotatable bonds is 13. The molecule has 244 valence electrons. The molecule has 2 heterocycles. The summed E-state index contributed by atoms with van der Waals surface area (Å²) in [4.78, 5) is 18.4. The van der Waals surface area contributed by atoms with Crippen molar-refractivity contribution in [3.63, 3.8) is 0 Å². The molecule has 6 rings (SSSR count). The molecule has 3 aliphatic rings. The molecule has 1 aromatic heterocycles. The first-order chi connectivity index (χ1) is 22.7. The smallest absolute Gasteiger partial charge is 0.153 e. The Balaban J connectivity index is 1.26. The second kappa shape index (κ2) is 13.6. The van der Waals surface area contributed by atoms with Crippen LogP contribution in [0.1, 0.15) is 60.2 Å². The van der Waals surface area contributed by atoms with Gasteiger partial charge in [0.15, 0.2) is 6.29 Å². The zero-order chi connectivity index (χ0) is 33.1. The lowest BCUT2D eigenvalue weighted by molar-refractivity contribution is -0.108. The number of ether oxygens (including phenoxy) is 3. The van der Waals surface area contributed by atoms with E-state index in [0.717, 1.165) is 43.5 Å². The van der Waals surface area contributed by atoms with Crippen molar-refractivity contribution in [2.24, 2.45) is 10.8 Å². The quantitative estimate of drug-likeness (QED) is 0.204. The molecule has 1 unspecified atom stereocenters. The molecule has 0 radical (unpaired) electrons. The van der Waals surface area contributed by atoms with Gasteiger partial charge in [-0.25, -0.2) is 0 Å². The molecule has 2 aliphatic carbocycles. The average molecular weight is 654 g/mol. The average Bonchev–Trinajstić information content (AvgIpc) is 3.73. The number of β-amino-alcohol motifs (C(OH)–C–C–N with tert-alkyl or cyclic N) is 1. The Bertz CT molecular complexity index is 1710. The summed E-state index contributed by atoms with van der Waals surface area (Å²) in [7, 11) is 0. The minimum atomic E-state index is -0.857. The van der Waals surface area contributed by atoms with E-state index in [0.29, 0.717) is 42.1 Å². The number of hydrogen-bond acceptors (Lipinski definition) is 8. The number of allylic oxidation sites excluding steroid dienone is 2. The summed E-state index contributed by atoms with van der Waals surface area (Å²) in [5.41, 5.74) is 2.32. The van der Waals surface area contributed by atoms with Crippen LogP contribution in [0.5, 0.6) is 11.5 Å². The third-order valence-corrected chi connectivity index (χ3v) is 10.1. The second-order valence-electron chi connectivity index (χ2n) is 13.5. The largest absolute Gasteiger partial charge is 0.488 e. The zero-order valence-corrected chi connectivity index (χ0v) is 27.6. The number of hydrogen-bond donors (Lipinski definition) is 1. The van der Waals surface area contributed by atoms with Crippen LogP contribution in [-0.4, -0.2) is 65.8 Å². The van der Waals surface area contributed by atoms with E-state index < -0.39 is 11.0 Å². The SMILES string of the molecule is CC1(C)C(c2ccccc2)=CC=C[C@@]1(COc1cc(OCc2cncc(C#N)c2)c(C=O)cc1Cl)OCC1(CN2CCC(O)C2)CC1. The van der Waals surface area contributed by atoms with Gasteiger partial charge in [0.05, 0.1) is 28.9 Å². The van der Waals surface area contributed by atoms with Crippen LogP contribution < -0.4 is 9.47 Å². The van der Waals surface area contributed by atoms with E-state index in [-0.39, 0.29) is 35.3 Å². The first kappa shape index (κ1) is 32.9. The number of pyridine rings is 1. The fourth-order valence-corrected chi connectivity index (χ4v) is 6.83. The Morgan fingerprint density at radius 2 is 1.91 bits per heavy atom. The van der Waals surface area contributed by atoms with Crippen molar-refractivity contribution in [3.8, 4) is 17.6 Å². The van der Waals surface area contributed by atoms with Gasteiger partial charge in [-0.05, 0) is 48.6 Å². The van der Waals surface area contributed by atoms with Crippen molar-refractivity contribution >= 4 is 23.5 Å².